The van der Waals surface area contributed by atoms with Gasteiger partial charge in [0, 0.05) is 20.2 Å². The number of methoxy groups -OCH3 is 1. The molecule has 2 aromatic rings. The van der Waals surface area contributed by atoms with Crippen molar-refractivity contribution in [2.45, 2.75) is 19.4 Å². The third kappa shape index (κ3) is 2.08. The molecule has 1 fully saturated rings. The number of nitrogens with zero attached hydrogens (tertiary/aromatic N) is 3. The standard InChI is InChI=1S/C13H16N4O2/c1-8-12-11(13(18)16-15-8)5-9(6-14-12)17-4-3-10(7-17)19-2/h5-6,10H,3-4,7H2,1-2H3,(H,16,18). The first-order valence-electron chi connectivity index (χ1n) is 6.32. The summed E-state index contributed by atoms with van der Waals surface area (Å²) in [5.74, 6) is 0. The molecule has 0 bridgehead atoms. The number of hydrogen-bond donors (Lipinski definition) is 1. The van der Waals surface area contributed by atoms with Crippen molar-refractivity contribution in [2.75, 3.05) is 25.1 Å². The zero-order valence-electron chi connectivity index (χ0n) is 11.0. The van der Waals surface area contributed by atoms with Crippen LogP contribution in [0.1, 0.15) is 12.1 Å². The fourth-order valence-corrected chi connectivity index (χ4v) is 2.49. The first-order chi connectivity index (χ1) is 9.19. The summed E-state index contributed by atoms with van der Waals surface area (Å²) in [6.45, 7) is 3.60. The molecule has 0 aromatic carbocycles. The molecule has 0 aliphatic carbocycles. The molecule has 100 valence electrons. The van der Waals surface area contributed by atoms with E-state index in [1.165, 1.54) is 0 Å². The van der Waals surface area contributed by atoms with Crippen LogP contribution in [0.15, 0.2) is 17.1 Å². The van der Waals surface area contributed by atoms with Crippen molar-refractivity contribution in [3.8, 4) is 0 Å². The van der Waals surface area contributed by atoms with Gasteiger partial charge in [0.25, 0.3) is 5.56 Å². The van der Waals surface area contributed by atoms with Gasteiger partial charge in [-0.2, -0.15) is 5.10 Å². The molecule has 19 heavy (non-hydrogen) atoms. The number of pyridine rings is 1. The van der Waals surface area contributed by atoms with Crippen molar-refractivity contribution >= 4 is 16.6 Å². The quantitative estimate of drug-likeness (QED) is 0.866. The van der Waals surface area contributed by atoms with E-state index in [0.29, 0.717) is 10.9 Å². The maximum atomic E-state index is 11.8. The molecule has 1 N–H and O–H groups in total. The van der Waals surface area contributed by atoms with Gasteiger partial charge in [-0.1, -0.05) is 0 Å². The van der Waals surface area contributed by atoms with E-state index in [4.69, 9.17) is 4.74 Å². The first-order valence-corrected chi connectivity index (χ1v) is 6.32. The van der Waals surface area contributed by atoms with E-state index in [-0.39, 0.29) is 11.7 Å². The summed E-state index contributed by atoms with van der Waals surface area (Å²) in [6.07, 6.45) is 3.06. The highest BCUT2D eigenvalue weighted by molar-refractivity contribution is 5.82. The molecule has 6 heteroatoms. The van der Waals surface area contributed by atoms with Gasteiger partial charge in [-0.15, -0.1) is 0 Å². The number of anilines is 1. The summed E-state index contributed by atoms with van der Waals surface area (Å²) in [6, 6.07) is 1.88. The zero-order valence-corrected chi connectivity index (χ0v) is 11.0. The normalized spacial score (nSPS) is 19.3. The number of aromatic amines is 1. The summed E-state index contributed by atoms with van der Waals surface area (Å²) in [5.41, 5.74) is 2.16. The van der Waals surface area contributed by atoms with Crippen molar-refractivity contribution in [2.24, 2.45) is 0 Å². The number of nitrogens with one attached hydrogen (secondary N) is 1. The Bertz CT molecular complexity index is 667. The molecule has 1 aliphatic heterocycles. The van der Waals surface area contributed by atoms with Crippen LogP contribution in [0.3, 0.4) is 0 Å². The minimum Gasteiger partial charge on any atom is -0.380 e. The Morgan fingerprint density at radius 1 is 1.53 bits per heavy atom. The predicted octanol–water partition coefficient (Wildman–Crippen LogP) is 0.852. The zero-order chi connectivity index (χ0) is 13.4. The molecule has 6 nitrogen and oxygen atoms in total. The number of hydrogen-bond acceptors (Lipinski definition) is 5. The lowest BCUT2D eigenvalue weighted by molar-refractivity contribution is 0.121. The van der Waals surface area contributed by atoms with Gasteiger partial charge in [-0.05, 0) is 19.4 Å². The van der Waals surface area contributed by atoms with Crippen LogP contribution < -0.4 is 10.5 Å². The van der Waals surface area contributed by atoms with Crippen molar-refractivity contribution in [3.05, 3.63) is 28.3 Å². The van der Waals surface area contributed by atoms with Crippen LogP contribution in [0.2, 0.25) is 0 Å². The third-order valence-corrected chi connectivity index (χ3v) is 3.63. The SMILES string of the molecule is COC1CCN(c2cnc3c(C)n[nH]c(=O)c3c2)C1. The van der Waals surface area contributed by atoms with Crippen molar-refractivity contribution in [1.82, 2.24) is 15.2 Å². The highest BCUT2D eigenvalue weighted by Gasteiger charge is 2.22. The monoisotopic (exact) mass is 260 g/mol. The maximum Gasteiger partial charge on any atom is 0.273 e. The highest BCUT2D eigenvalue weighted by atomic mass is 16.5. The number of aromatic nitrogens is 3. The smallest absolute Gasteiger partial charge is 0.273 e. The van der Waals surface area contributed by atoms with Crippen LogP contribution in [-0.4, -0.2) is 41.5 Å². The van der Waals surface area contributed by atoms with Crippen LogP contribution in [-0.2, 0) is 4.74 Å². The second kappa shape index (κ2) is 4.62. The maximum absolute atomic E-state index is 11.8. The molecule has 3 heterocycles. The average molecular weight is 260 g/mol. The molecule has 1 atom stereocenters. The van der Waals surface area contributed by atoms with Gasteiger partial charge in [-0.25, -0.2) is 5.10 Å². The fraction of sp³-hybridized carbons (Fsp3) is 0.462. The minimum atomic E-state index is -0.197. The molecule has 0 spiro atoms. The van der Waals surface area contributed by atoms with Crippen LogP contribution in [0.5, 0.6) is 0 Å². The van der Waals surface area contributed by atoms with Gasteiger partial charge in [-0.3, -0.25) is 9.78 Å². The van der Waals surface area contributed by atoms with Crippen molar-refractivity contribution in [3.63, 3.8) is 0 Å². The van der Waals surface area contributed by atoms with E-state index < -0.39 is 0 Å². The highest BCUT2D eigenvalue weighted by Crippen LogP contribution is 2.23. The molecular formula is C13H16N4O2. The van der Waals surface area contributed by atoms with Crippen molar-refractivity contribution < 1.29 is 4.74 Å². The Kier molecular flexibility index (Phi) is 2.94. The van der Waals surface area contributed by atoms with Gasteiger partial charge >= 0.3 is 0 Å². The predicted molar refractivity (Wildman–Crippen MR) is 72.5 cm³/mol. The van der Waals surface area contributed by atoms with E-state index in [0.717, 1.165) is 30.9 Å². The van der Waals surface area contributed by atoms with Crippen LogP contribution >= 0.6 is 0 Å². The molecule has 1 saturated heterocycles. The van der Waals surface area contributed by atoms with Crippen LogP contribution in [0.4, 0.5) is 5.69 Å². The number of rotatable bonds is 2. The van der Waals surface area contributed by atoms with E-state index >= 15 is 0 Å². The number of fused-ring (bicyclic) bond motifs is 1. The molecular weight excluding hydrogens is 244 g/mol. The fourth-order valence-electron chi connectivity index (χ4n) is 2.49. The number of H-pyrrole nitrogens is 1. The van der Waals surface area contributed by atoms with E-state index in [1.807, 2.05) is 13.0 Å². The summed E-state index contributed by atoms with van der Waals surface area (Å²) in [5, 5.41) is 7.01. The molecule has 0 amide bonds. The Balaban J connectivity index is 2.03. The van der Waals surface area contributed by atoms with Gasteiger partial charge < -0.3 is 9.64 Å². The number of aryl methyl sites for hydroxylation is 1. The average Bonchev–Trinajstić information content (AvgIpc) is 2.91. The topological polar surface area (TPSA) is 71.1 Å². The van der Waals surface area contributed by atoms with Gasteiger partial charge in [0.15, 0.2) is 0 Å². The van der Waals surface area contributed by atoms with Crippen molar-refractivity contribution in [1.29, 1.82) is 0 Å². The second-order valence-electron chi connectivity index (χ2n) is 4.82. The molecule has 1 unspecified atom stereocenters. The Labute approximate surface area is 110 Å². The molecule has 1 aliphatic rings. The summed E-state index contributed by atoms with van der Waals surface area (Å²) in [7, 11) is 1.73. The number of ether oxygens (including phenoxy) is 1. The molecule has 3 rings (SSSR count). The van der Waals surface area contributed by atoms with Gasteiger partial charge in [0.2, 0.25) is 0 Å². The molecule has 0 radical (unpaired) electrons. The Hall–Kier alpha value is -1.95. The van der Waals surface area contributed by atoms with Gasteiger partial charge in [0.05, 0.1) is 34.6 Å². The summed E-state index contributed by atoms with van der Waals surface area (Å²) < 4.78 is 5.35. The van der Waals surface area contributed by atoms with E-state index in [1.54, 1.807) is 13.3 Å². The van der Waals surface area contributed by atoms with E-state index in [2.05, 4.69) is 20.1 Å². The minimum absolute atomic E-state index is 0.197. The largest absolute Gasteiger partial charge is 0.380 e. The lowest BCUT2D eigenvalue weighted by Gasteiger charge is -2.18. The summed E-state index contributed by atoms with van der Waals surface area (Å²) >= 11 is 0. The Morgan fingerprint density at radius 3 is 3.11 bits per heavy atom. The molecule has 2 aromatic heterocycles. The lowest BCUT2D eigenvalue weighted by Crippen LogP contribution is -2.22. The molecule has 0 saturated carbocycles. The lowest BCUT2D eigenvalue weighted by atomic mass is 10.2. The third-order valence-electron chi connectivity index (χ3n) is 3.63. The first kappa shape index (κ1) is 12.1. The summed E-state index contributed by atoms with van der Waals surface area (Å²) in [4.78, 5) is 18.4. The van der Waals surface area contributed by atoms with E-state index in [9.17, 15) is 4.79 Å². The second-order valence-corrected chi connectivity index (χ2v) is 4.82. The Morgan fingerprint density at radius 2 is 2.37 bits per heavy atom. The van der Waals surface area contributed by atoms with Crippen LogP contribution in [0, 0.1) is 6.92 Å². The van der Waals surface area contributed by atoms with Crippen LogP contribution in [0.25, 0.3) is 10.9 Å². The van der Waals surface area contributed by atoms with Gasteiger partial charge in [0.1, 0.15) is 0 Å².